The van der Waals surface area contributed by atoms with Crippen LogP contribution in [0.5, 0.6) is 0 Å². The summed E-state index contributed by atoms with van der Waals surface area (Å²) in [5.74, 6) is 5.10. The monoisotopic (exact) mass is 341 g/mol. The second-order valence-corrected chi connectivity index (χ2v) is 6.65. The Morgan fingerprint density at radius 1 is 1.32 bits per heavy atom. The maximum absolute atomic E-state index is 12.8. The van der Waals surface area contributed by atoms with Gasteiger partial charge in [-0.25, -0.2) is 4.79 Å². The standard InChI is InChI=1S/C19H23N3O3/c1-25-18(24)16-5-4-15(11-14(16)3-2-8-20)17(23)22-9-6-19(7-10-22)12-21-13-19/h4-5,11,21H,6-10,12-13,20H2,1H3. The van der Waals surface area contributed by atoms with Gasteiger partial charge in [-0.15, -0.1) is 0 Å². The van der Waals surface area contributed by atoms with Gasteiger partial charge in [0.05, 0.1) is 19.2 Å². The molecular weight excluding hydrogens is 318 g/mol. The maximum atomic E-state index is 12.8. The number of nitrogens with one attached hydrogen (secondary N) is 1. The van der Waals surface area contributed by atoms with Gasteiger partial charge in [-0.3, -0.25) is 4.79 Å². The topological polar surface area (TPSA) is 84.7 Å². The molecule has 0 aromatic heterocycles. The molecule has 6 nitrogen and oxygen atoms in total. The number of hydrogen-bond donors (Lipinski definition) is 2. The molecule has 1 spiro atoms. The van der Waals surface area contributed by atoms with E-state index in [1.807, 2.05) is 4.90 Å². The predicted octanol–water partition coefficient (Wildman–Crippen LogP) is 0.609. The Morgan fingerprint density at radius 3 is 2.60 bits per heavy atom. The summed E-state index contributed by atoms with van der Waals surface area (Å²) in [6.45, 7) is 3.83. The van der Waals surface area contributed by atoms with E-state index in [4.69, 9.17) is 10.5 Å². The molecule has 2 aliphatic heterocycles. The Balaban J connectivity index is 1.79. The molecule has 0 unspecified atom stereocenters. The van der Waals surface area contributed by atoms with Crippen molar-refractivity contribution >= 4 is 11.9 Å². The number of methoxy groups -OCH3 is 1. The van der Waals surface area contributed by atoms with Crippen LogP contribution in [0.3, 0.4) is 0 Å². The highest BCUT2D eigenvalue weighted by Crippen LogP contribution is 2.35. The van der Waals surface area contributed by atoms with Gasteiger partial charge >= 0.3 is 5.97 Å². The zero-order valence-electron chi connectivity index (χ0n) is 14.4. The van der Waals surface area contributed by atoms with Crippen LogP contribution in [0, 0.1) is 17.3 Å². The molecule has 3 N–H and O–H groups in total. The van der Waals surface area contributed by atoms with Gasteiger partial charge in [0.1, 0.15) is 0 Å². The first-order valence-electron chi connectivity index (χ1n) is 8.50. The normalized spacial score (nSPS) is 18.1. The minimum absolute atomic E-state index is 0.0191. The molecule has 0 saturated carbocycles. The van der Waals surface area contributed by atoms with Crippen LogP contribution in [0.4, 0.5) is 0 Å². The number of nitrogens with two attached hydrogens (primary N) is 1. The second kappa shape index (κ2) is 7.26. The number of piperidine rings is 1. The molecule has 2 aliphatic rings. The van der Waals surface area contributed by atoms with Crippen molar-refractivity contribution in [3.63, 3.8) is 0 Å². The zero-order valence-corrected chi connectivity index (χ0v) is 14.4. The summed E-state index contributed by atoms with van der Waals surface area (Å²) in [6, 6.07) is 4.92. The second-order valence-electron chi connectivity index (χ2n) is 6.65. The summed E-state index contributed by atoms with van der Waals surface area (Å²) in [4.78, 5) is 26.6. The molecule has 0 radical (unpaired) electrons. The Labute approximate surface area is 147 Å². The van der Waals surface area contributed by atoms with Crippen molar-refractivity contribution in [3.05, 3.63) is 34.9 Å². The number of carbonyl (C=O) groups is 2. The summed E-state index contributed by atoms with van der Waals surface area (Å²) >= 11 is 0. The van der Waals surface area contributed by atoms with Crippen molar-refractivity contribution in [1.82, 2.24) is 10.2 Å². The lowest BCUT2D eigenvalue weighted by Crippen LogP contribution is -2.58. The highest BCUT2D eigenvalue weighted by molar-refractivity contribution is 5.98. The quantitative estimate of drug-likeness (QED) is 0.608. The SMILES string of the molecule is COC(=O)c1ccc(C(=O)N2CCC3(CC2)CNC3)cc1C#CCN. The first kappa shape index (κ1) is 17.5. The minimum atomic E-state index is -0.474. The molecule has 0 aliphatic carbocycles. The number of likely N-dealkylation sites (tertiary alicyclic amines) is 1. The van der Waals surface area contributed by atoms with Crippen molar-refractivity contribution in [2.75, 3.05) is 39.8 Å². The molecule has 1 aromatic carbocycles. The summed E-state index contributed by atoms with van der Waals surface area (Å²) < 4.78 is 4.78. The molecule has 2 saturated heterocycles. The van der Waals surface area contributed by atoms with E-state index in [0.717, 1.165) is 39.0 Å². The maximum Gasteiger partial charge on any atom is 0.339 e. The van der Waals surface area contributed by atoms with Crippen molar-refractivity contribution in [2.24, 2.45) is 11.1 Å². The molecule has 132 valence electrons. The summed E-state index contributed by atoms with van der Waals surface area (Å²) in [6.07, 6.45) is 2.07. The van der Waals surface area contributed by atoms with Gasteiger partial charge in [0.25, 0.3) is 5.91 Å². The number of nitrogens with zero attached hydrogens (tertiary/aromatic N) is 1. The van der Waals surface area contributed by atoms with Crippen LogP contribution in [0.25, 0.3) is 0 Å². The highest BCUT2D eigenvalue weighted by Gasteiger charge is 2.40. The number of rotatable bonds is 2. The van der Waals surface area contributed by atoms with E-state index in [0.29, 0.717) is 22.1 Å². The fourth-order valence-corrected chi connectivity index (χ4v) is 3.41. The van der Waals surface area contributed by atoms with Crippen LogP contribution in [0.2, 0.25) is 0 Å². The lowest BCUT2D eigenvalue weighted by Gasteiger charge is -2.48. The molecule has 1 amide bonds. The summed E-state index contributed by atoms with van der Waals surface area (Å²) in [5, 5.41) is 3.32. The molecule has 1 aromatic rings. The van der Waals surface area contributed by atoms with Crippen molar-refractivity contribution in [2.45, 2.75) is 12.8 Å². The van der Waals surface area contributed by atoms with Crippen LogP contribution in [-0.4, -0.2) is 56.6 Å². The molecule has 2 heterocycles. The average Bonchev–Trinajstić information content (AvgIpc) is 2.63. The molecule has 3 rings (SSSR count). The molecule has 25 heavy (non-hydrogen) atoms. The fraction of sp³-hybridized carbons (Fsp3) is 0.474. The van der Waals surface area contributed by atoms with Crippen LogP contribution < -0.4 is 11.1 Å². The number of carbonyl (C=O) groups excluding carboxylic acids is 2. The van der Waals surface area contributed by atoms with Crippen LogP contribution in [-0.2, 0) is 4.74 Å². The smallest absolute Gasteiger partial charge is 0.339 e. The largest absolute Gasteiger partial charge is 0.465 e. The highest BCUT2D eigenvalue weighted by atomic mass is 16.5. The van der Waals surface area contributed by atoms with Gasteiger partial charge in [0, 0.05) is 37.3 Å². The average molecular weight is 341 g/mol. The Kier molecular flexibility index (Phi) is 5.07. The Bertz CT molecular complexity index is 734. The van der Waals surface area contributed by atoms with Gasteiger partial charge in [-0.05, 0) is 36.5 Å². The number of ether oxygens (including phenoxy) is 1. The van der Waals surface area contributed by atoms with E-state index in [9.17, 15) is 9.59 Å². The van der Waals surface area contributed by atoms with E-state index in [1.165, 1.54) is 7.11 Å². The first-order chi connectivity index (χ1) is 12.1. The minimum Gasteiger partial charge on any atom is -0.465 e. The van der Waals surface area contributed by atoms with Gasteiger partial charge in [0.2, 0.25) is 0 Å². The number of hydrogen-bond acceptors (Lipinski definition) is 5. The third-order valence-electron chi connectivity index (χ3n) is 5.11. The lowest BCUT2D eigenvalue weighted by atomic mass is 9.73. The van der Waals surface area contributed by atoms with E-state index in [2.05, 4.69) is 17.2 Å². The molecule has 2 fully saturated rings. The third kappa shape index (κ3) is 3.53. The van der Waals surface area contributed by atoms with Gasteiger partial charge in [0.15, 0.2) is 0 Å². The van der Waals surface area contributed by atoms with Crippen LogP contribution in [0.15, 0.2) is 18.2 Å². The van der Waals surface area contributed by atoms with E-state index >= 15 is 0 Å². The van der Waals surface area contributed by atoms with E-state index < -0.39 is 5.97 Å². The van der Waals surface area contributed by atoms with Gasteiger partial charge in [-0.2, -0.15) is 0 Å². The predicted molar refractivity (Wildman–Crippen MR) is 94.2 cm³/mol. The lowest BCUT2D eigenvalue weighted by molar-refractivity contribution is 0.0414. The summed E-state index contributed by atoms with van der Waals surface area (Å²) in [7, 11) is 1.32. The molecule has 0 atom stereocenters. The van der Waals surface area contributed by atoms with Crippen molar-refractivity contribution in [3.8, 4) is 11.8 Å². The van der Waals surface area contributed by atoms with Gasteiger partial charge in [-0.1, -0.05) is 11.8 Å². The van der Waals surface area contributed by atoms with Crippen LogP contribution in [0.1, 0.15) is 39.1 Å². The Morgan fingerprint density at radius 2 is 2.04 bits per heavy atom. The van der Waals surface area contributed by atoms with E-state index in [-0.39, 0.29) is 12.5 Å². The summed E-state index contributed by atoms with van der Waals surface area (Å²) in [5.41, 5.74) is 7.17. The third-order valence-corrected chi connectivity index (χ3v) is 5.11. The molecule has 0 bridgehead atoms. The molecule has 6 heteroatoms. The molecular formula is C19H23N3O3. The Hall–Kier alpha value is -2.36. The first-order valence-corrected chi connectivity index (χ1v) is 8.50. The number of amides is 1. The van der Waals surface area contributed by atoms with Crippen LogP contribution >= 0.6 is 0 Å². The van der Waals surface area contributed by atoms with Crippen molar-refractivity contribution in [1.29, 1.82) is 0 Å². The van der Waals surface area contributed by atoms with Crippen molar-refractivity contribution < 1.29 is 14.3 Å². The number of esters is 1. The van der Waals surface area contributed by atoms with E-state index in [1.54, 1.807) is 18.2 Å². The zero-order chi connectivity index (χ0) is 17.9. The fourth-order valence-electron chi connectivity index (χ4n) is 3.41. The van der Waals surface area contributed by atoms with Gasteiger partial charge < -0.3 is 20.7 Å². The number of benzene rings is 1.